The van der Waals surface area contributed by atoms with Crippen molar-refractivity contribution >= 4 is 33.4 Å². The first-order valence-electron chi connectivity index (χ1n) is 8.17. The van der Waals surface area contributed by atoms with Gasteiger partial charge in [-0.2, -0.15) is 0 Å². The number of sulfonamides is 1. The molecule has 8 heteroatoms. The Hall–Kier alpha value is -2.97. The average Bonchev–Trinajstić information content (AvgIpc) is 2.69. The lowest BCUT2D eigenvalue weighted by molar-refractivity contribution is 0.0696. The molecule has 0 aliphatic heterocycles. The van der Waals surface area contributed by atoms with Gasteiger partial charge in [-0.1, -0.05) is 42.1 Å². The summed E-state index contributed by atoms with van der Waals surface area (Å²) in [4.78, 5) is 12.7. The Morgan fingerprint density at radius 2 is 1.68 bits per heavy atom. The summed E-state index contributed by atoms with van der Waals surface area (Å²) in [5, 5.41) is 9.18. The molecule has 0 aliphatic carbocycles. The van der Waals surface area contributed by atoms with E-state index in [4.69, 9.17) is 4.74 Å². The van der Waals surface area contributed by atoms with Gasteiger partial charge in [0, 0.05) is 9.79 Å². The molecule has 144 valence electrons. The van der Waals surface area contributed by atoms with Crippen LogP contribution in [0.1, 0.15) is 10.4 Å². The molecule has 2 N–H and O–H groups in total. The van der Waals surface area contributed by atoms with E-state index in [1.54, 1.807) is 18.2 Å². The van der Waals surface area contributed by atoms with Gasteiger partial charge in [0.15, 0.2) is 0 Å². The molecule has 0 aromatic heterocycles. The molecule has 0 heterocycles. The van der Waals surface area contributed by atoms with Crippen molar-refractivity contribution in [1.82, 2.24) is 0 Å². The van der Waals surface area contributed by atoms with Gasteiger partial charge in [-0.15, -0.1) is 0 Å². The van der Waals surface area contributed by atoms with E-state index in [0.717, 1.165) is 11.0 Å². The maximum atomic E-state index is 13.0. The second kappa shape index (κ2) is 8.37. The third-order valence-corrected chi connectivity index (χ3v) is 6.27. The smallest absolute Gasteiger partial charge is 0.335 e. The molecule has 0 saturated heterocycles. The molecule has 0 amide bonds. The van der Waals surface area contributed by atoms with E-state index in [0.29, 0.717) is 10.6 Å². The number of benzene rings is 3. The summed E-state index contributed by atoms with van der Waals surface area (Å²) in [6.45, 7) is 0. The van der Waals surface area contributed by atoms with Crippen molar-refractivity contribution in [2.45, 2.75) is 14.7 Å². The standard InChI is InChI=1S/C20H17NO5S2/c1-26-17-12-11-14(20(22)23)13-19(17)28(24,25)21-16-9-5-6-10-18(16)27-15-7-3-2-4-8-15/h2-13,21H,1H3,(H,22,23). The normalized spacial score (nSPS) is 11.0. The summed E-state index contributed by atoms with van der Waals surface area (Å²) < 4.78 is 33.6. The van der Waals surface area contributed by atoms with Crippen LogP contribution < -0.4 is 9.46 Å². The number of rotatable bonds is 7. The van der Waals surface area contributed by atoms with Crippen LogP contribution in [0.25, 0.3) is 0 Å². The molecule has 3 rings (SSSR count). The predicted molar refractivity (Wildman–Crippen MR) is 108 cm³/mol. The van der Waals surface area contributed by atoms with Gasteiger partial charge in [0.1, 0.15) is 10.6 Å². The molecule has 0 aliphatic rings. The maximum absolute atomic E-state index is 13.0. The fraction of sp³-hybridized carbons (Fsp3) is 0.0500. The van der Waals surface area contributed by atoms with Crippen LogP contribution in [-0.4, -0.2) is 26.6 Å². The topological polar surface area (TPSA) is 92.7 Å². The minimum Gasteiger partial charge on any atom is -0.495 e. The quantitative estimate of drug-likeness (QED) is 0.596. The second-order valence-electron chi connectivity index (χ2n) is 5.69. The predicted octanol–water partition coefficient (Wildman–Crippen LogP) is 4.35. The van der Waals surface area contributed by atoms with Crippen molar-refractivity contribution in [3.05, 3.63) is 78.4 Å². The van der Waals surface area contributed by atoms with Crippen molar-refractivity contribution in [2.75, 3.05) is 11.8 Å². The lowest BCUT2D eigenvalue weighted by Crippen LogP contribution is -2.15. The van der Waals surface area contributed by atoms with E-state index < -0.39 is 16.0 Å². The Bertz CT molecular complexity index is 1100. The summed E-state index contributed by atoms with van der Waals surface area (Å²) >= 11 is 1.42. The van der Waals surface area contributed by atoms with E-state index in [2.05, 4.69) is 4.72 Å². The molecule has 0 atom stereocenters. The minimum absolute atomic E-state index is 0.0608. The Kier molecular flexibility index (Phi) is 5.91. The van der Waals surface area contributed by atoms with E-state index >= 15 is 0 Å². The number of carbonyl (C=O) groups is 1. The molecule has 3 aromatic rings. The van der Waals surface area contributed by atoms with Crippen molar-refractivity contribution < 1.29 is 23.1 Å². The zero-order valence-electron chi connectivity index (χ0n) is 14.8. The highest BCUT2D eigenvalue weighted by Gasteiger charge is 2.23. The number of aromatic carboxylic acids is 1. The van der Waals surface area contributed by atoms with Crippen LogP contribution in [0.15, 0.2) is 87.5 Å². The average molecular weight is 415 g/mol. The zero-order valence-corrected chi connectivity index (χ0v) is 16.5. The van der Waals surface area contributed by atoms with Gasteiger partial charge in [-0.05, 0) is 42.5 Å². The highest BCUT2D eigenvalue weighted by atomic mass is 32.2. The van der Waals surface area contributed by atoms with Crippen LogP contribution in [0, 0.1) is 0 Å². The molecule has 28 heavy (non-hydrogen) atoms. The molecule has 0 bridgehead atoms. The van der Waals surface area contributed by atoms with Crippen LogP contribution in [0.5, 0.6) is 5.75 Å². The largest absolute Gasteiger partial charge is 0.495 e. The van der Waals surface area contributed by atoms with Gasteiger partial charge in [0.25, 0.3) is 10.0 Å². The molecule has 0 spiro atoms. The van der Waals surface area contributed by atoms with E-state index in [1.165, 1.54) is 31.0 Å². The van der Waals surface area contributed by atoms with Gasteiger partial charge in [-0.25, -0.2) is 13.2 Å². The third kappa shape index (κ3) is 4.47. The van der Waals surface area contributed by atoms with Gasteiger partial charge in [-0.3, -0.25) is 4.72 Å². The Labute approximate surface area is 167 Å². The third-order valence-electron chi connectivity index (χ3n) is 3.80. The number of hydrogen-bond acceptors (Lipinski definition) is 5. The van der Waals surface area contributed by atoms with Crippen LogP contribution in [0.2, 0.25) is 0 Å². The molecule has 0 unspecified atom stereocenters. The molecular formula is C20H17NO5S2. The number of carboxylic acids is 1. The lowest BCUT2D eigenvalue weighted by atomic mass is 10.2. The number of hydrogen-bond donors (Lipinski definition) is 2. The first kappa shape index (κ1) is 19.8. The highest BCUT2D eigenvalue weighted by molar-refractivity contribution is 7.99. The molecule has 6 nitrogen and oxygen atoms in total. The van der Waals surface area contributed by atoms with Gasteiger partial charge in [0.05, 0.1) is 18.4 Å². The summed E-state index contributed by atoms with van der Waals surface area (Å²) in [6.07, 6.45) is 0. The van der Waals surface area contributed by atoms with E-state index in [1.807, 2.05) is 36.4 Å². The van der Waals surface area contributed by atoms with E-state index in [9.17, 15) is 18.3 Å². The summed E-state index contributed by atoms with van der Waals surface area (Å²) in [6, 6.07) is 20.2. The Morgan fingerprint density at radius 3 is 2.36 bits per heavy atom. The molecular weight excluding hydrogens is 398 g/mol. The van der Waals surface area contributed by atoms with Crippen LogP contribution in [0.4, 0.5) is 5.69 Å². The second-order valence-corrected chi connectivity index (χ2v) is 8.45. The molecule has 0 fully saturated rings. The van der Waals surface area contributed by atoms with Gasteiger partial charge in [0.2, 0.25) is 0 Å². The number of ether oxygens (including phenoxy) is 1. The van der Waals surface area contributed by atoms with Crippen molar-refractivity contribution in [3.8, 4) is 5.75 Å². The number of nitrogens with one attached hydrogen (secondary N) is 1. The molecule has 3 aromatic carbocycles. The number of para-hydroxylation sites is 1. The molecule has 0 saturated carbocycles. The summed E-state index contributed by atoms with van der Waals surface area (Å²) in [7, 11) is -2.75. The first-order valence-corrected chi connectivity index (χ1v) is 10.5. The summed E-state index contributed by atoms with van der Waals surface area (Å²) in [5.41, 5.74) is 0.243. The number of anilines is 1. The van der Waals surface area contributed by atoms with Crippen molar-refractivity contribution in [2.24, 2.45) is 0 Å². The summed E-state index contributed by atoms with van der Waals surface area (Å²) in [5.74, 6) is -1.16. The number of carboxylic acid groups (broad SMARTS) is 1. The fourth-order valence-corrected chi connectivity index (χ4v) is 4.74. The lowest BCUT2D eigenvalue weighted by Gasteiger charge is -2.14. The molecule has 0 radical (unpaired) electrons. The minimum atomic E-state index is -4.08. The monoisotopic (exact) mass is 415 g/mol. The Balaban J connectivity index is 1.98. The van der Waals surface area contributed by atoms with Crippen LogP contribution in [0.3, 0.4) is 0 Å². The zero-order chi connectivity index (χ0) is 20.1. The van der Waals surface area contributed by atoms with Crippen molar-refractivity contribution in [3.63, 3.8) is 0 Å². The highest BCUT2D eigenvalue weighted by Crippen LogP contribution is 2.35. The fourth-order valence-electron chi connectivity index (χ4n) is 2.47. The van der Waals surface area contributed by atoms with Gasteiger partial charge < -0.3 is 9.84 Å². The van der Waals surface area contributed by atoms with Crippen LogP contribution >= 0.6 is 11.8 Å². The van der Waals surface area contributed by atoms with Crippen molar-refractivity contribution in [1.29, 1.82) is 0 Å². The van der Waals surface area contributed by atoms with Gasteiger partial charge >= 0.3 is 5.97 Å². The van der Waals surface area contributed by atoms with Crippen LogP contribution in [-0.2, 0) is 10.0 Å². The maximum Gasteiger partial charge on any atom is 0.335 e. The first-order chi connectivity index (χ1) is 13.4. The number of methoxy groups -OCH3 is 1. The van der Waals surface area contributed by atoms with E-state index in [-0.39, 0.29) is 16.2 Å². The Morgan fingerprint density at radius 1 is 1.00 bits per heavy atom. The SMILES string of the molecule is COc1ccc(C(=O)O)cc1S(=O)(=O)Nc1ccccc1Sc1ccccc1.